The molecule has 2 aromatic carbocycles. The summed E-state index contributed by atoms with van der Waals surface area (Å²) >= 11 is 0. The third-order valence-electron chi connectivity index (χ3n) is 5.32. The van der Waals surface area contributed by atoms with Crippen molar-refractivity contribution in [3.05, 3.63) is 88.2 Å². The number of aryl methyl sites for hydroxylation is 2. The average Bonchev–Trinajstić information content (AvgIpc) is 3.14. The van der Waals surface area contributed by atoms with E-state index in [1.165, 1.54) is 7.11 Å². The minimum absolute atomic E-state index is 0.342. The van der Waals surface area contributed by atoms with Gasteiger partial charge in [0, 0.05) is 28.2 Å². The van der Waals surface area contributed by atoms with Gasteiger partial charge in [0.15, 0.2) is 6.61 Å². The lowest BCUT2D eigenvalue weighted by atomic mass is 10.1. The number of esters is 2. The normalized spacial score (nSPS) is 10.5. The van der Waals surface area contributed by atoms with Gasteiger partial charge in [-0.25, -0.2) is 4.79 Å². The first kappa shape index (κ1) is 24.4. The second kappa shape index (κ2) is 10.6. The van der Waals surface area contributed by atoms with E-state index in [4.69, 9.17) is 9.47 Å². The molecule has 34 heavy (non-hydrogen) atoms. The maximum absolute atomic E-state index is 12.7. The molecule has 0 atom stereocenters. The molecule has 0 spiro atoms. The molecular weight excluding hydrogens is 436 g/mol. The van der Waals surface area contributed by atoms with Gasteiger partial charge in [0.1, 0.15) is 6.54 Å². The number of nitrogens with one attached hydrogen (secondary N) is 1. The molecule has 0 unspecified atom stereocenters. The van der Waals surface area contributed by atoms with Crippen LogP contribution in [0.4, 0.5) is 0 Å². The quantitative estimate of drug-likeness (QED) is 0.407. The van der Waals surface area contributed by atoms with E-state index in [2.05, 4.69) is 5.32 Å². The first-order chi connectivity index (χ1) is 16.2. The SMILES string of the molecule is COC(=O)c1ccc(-n2c(C)cc(C(=O)COC(=O)CNC(=O)c3cccc(C)c3)c2C)cc1. The molecule has 1 heterocycles. The standard InChI is InChI=1S/C26H26N2O6/c1-16-6-5-7-20(12-16)25(31)27-14-24(30)34-15-23(29)22-13-17(2)28(18(22)3)21-10-8-19(9-11-21)26(32)33-4/h5-13H,14-15H2,1-4H3,(H,27,31). The summed E-state index contributed by atoms with van der Waals surface area (Å²) in [5.41, 5.74) is 4.48. The van der Waals surface area contributed by atoms with Gasteiger partial charge in [-0.3, -0.25) is 14.4 Å². The van der Waals surface area contributed by atoms with Crippen LogP contribution in [0.1, 0.15) is 48.0 Å². The maximum atomic E-state index is 12.7. The third kappa shape index (κ3) is 5.58. The van der Waals surface area contributed by atoms with Crippen LogP contribution in [0.15, 0.2) is 54.6 Å². The zero-order valence-corrected chi connectivity index (χ0v) is 19.5. The number of carbonyl (C=O) groups is 4. The molecule has 1 N–H and O–H groups in total. The molecule has 1 amide bonds. The highest BCUT2D eigenvalue weighted by Gasteiger charge is 2.19. The maximum Gasteiger partial charge on any atom is 0.337 e. The number of hydrogen-bond donors (Lipinski definition) is 1. The minimum atomic E-state index is -0.707. The Hall–Kier alpha value is -4.20. The zero-order valence-electron chi connectivity index (χ0n) is 19.5. The van der Waals surface area contributed by atoms with Crippen molar-refractivity contribution in [3.63, 3.8) is 0 Å². The predicted molar refractivity (Wildman–Crippen MR) is 125 cm³/mol. The number of aromatic nitrogens is 1. The number of ketones is 1. The summed E-state index contributed by atoms with van der Waals surface area (Å²) < 4.78 is 11.7. The van der Waals surface area contributed by atoms with E-state index in [9.17, 15) is 19.2 Å². The van der Waals surface area contributed by atoms with Crippen LogP contribution in [0.2, 0.25) is 0 Å². The number of amides is 1. The summed E-state index contributed by atoms with van der Waals surface area (Å²) in [4.78, 5) is 48.5. The van der Waals surface area contributed by atoms with Crippen molar-refractivity contribution < 1.29 is 28.7 Å². The van der Waals surface area contributed by atoms with Crippen molar-refractivity contribution in [1.29, 1.82) is 0 Å². The Balaban J connectivity index is 1.60. The number of methoxy groups -OCH3 is 1. The summed E-state index contributed by atoms with van der Waals surface area (Å²) in [5.74, 6) is -1.89. The van der Waals surface area contributed by atoms with Gasteiger partial charge in [0.2, 0.25) is 5.78 Å². The molecule has 176 valence electrons. The number of carbonyl (C=O) groups excluding carboxylic acids is 4. The molecular formula is C26H26N2O6. The lowest BCUT2D eigenvalue weighted by Crippen LogP contribution is -2.31. The predicted octanol–water partition coefficient (Wildman–Crippen LogP) is 3.35. The lowest BCUT2D eigenvalue weighted by Gasteiger charge is -2.11. The van der Waals surface area contributed by atoms with Crippen molar-refractivity contribution in [2.75, 3.05) is 20.3 Å². The molecule has 1 aromatic heterocycles. The summed E-state index contributed by atoms with van der Waals surface area (Å²) in [6.07, 6.45) is 0. The van der Waals surface area contributed by atoms with Crippen LogP contribution in [-0.4, -0.2) is 48.5 Å². The third-order valence-corrected chi connectivity index (χ3v) is 5.32. The summed E-state index contributed by atoms with van der Waals surface area (Å²) in [6.45, 7) is 4.73. The topological polar surface area (TPSA) is 104 Å². The van der Waals surface area contributed by atoms with Crippen molar-refractivity contribution in [3.8, 4) is 5.69 Å². The molecule has 0 aliphatic rings. The van der Waals surface area contributed by atoms with Crippen molar-refractivity contribution in [2.45, 2.75) is 20.8 Å². The molecule has 8 nitrogen and oxygen atoms in total. The van der Waals surface area contributed by atoms with Gasteiger partial charge in [-0.15, -0.1) is 0 Å². The van der Waals surface area contributed by atoms with Gasteiger partial charge in [-0.1, -0.05) is 17.7 Å². The summed E-state index contributed by atoms with van der Waals surface area (Å²) in [7, 11) is 1.32. The molecule has 0 aliphatic carbocycles. The van der Waals surface area contributed by atoms with Crippen molar-refractivity contribution in [1.82, 2.24) is 9.88 Å². The highest BCUT2D eigenvalue weighted by molar-refractivity contribution is 6.00. The molecule has 0 saturated heterocycles. The fourth-order valence-corrected chi connectivity index (χ4v) is 3.62. The van der Waals surface area contributed by atoms with Gasteiger partial charge in [0.05, 0.1) is 12.7 Å². The van der Waals surface area contributed by atoms with Gasteiger partial charge in [-0.05, 0) is 63.2 Å². The number of benzene rings is 2. The first-order valence-corrected chi connectivity index (χ1v) is 10.6. The van der Waals surface area contributed by atoms with Crippen LogP contribution < -0.4 is 5.32 Å². The van der Waals surface area contributed by atoms with Crippen LogP contribution in [0.25, 0.3) is 5.69 Å². The van der Waals surface area contributed by atoms with E-state index in [1.807, 2.05) is 24.5 Å². The van der Waals surface area contributed by atoms with Gasteiger partial charge < -0.3 is 19.4 Å². The van der Waals surface area contributed by atoms with Gasteiger partial charge >= 0.3 is 11.9 Å². The average molecular weight is 463 g/mol. The van der Waals surface area contributed by atoms with Gasteiger partial charge in [-0.2, -0.15) is 0 Å². The van der Waals surface area contributed by atoms with E-state index in [0.717, 1.165) is 16.9 Å². The molecule has 0 fully saturated rings. The Morgan fingerprint density at radius 3 is 2.26 bits per heavy atom. The number of ether oxygens (including phenoxy) is 2. The molecule has 0 aliphatic heterocycles. The summed E-state index contributed by atoms with van der Waals surface area (Å²) in [6, 6.07) is 15.5. The highest BCUT2D eigenvalue weighted by atomic mass is 16.5. The van der Waals surface area contributed by atoms with Crippen LogP contribution in [0, 0.1) is 20.8 Å². The fourth-order valence-electron chi connectivity index (χ4n) is 3.62. The van der Waals surface area contributed by atoms with Crippen molar-refractivity contribution >= 4 is 23.6 Å². The fraction of sp³-hybridized carbons (Fsp3) is 0.231. The Bertz CT molecular complexity index is 1240. The monoisotopic (exact) mass is 462 g/mol. The van der Waals surface area contributed by atoms with E-state index < -0.39 is 24.5 Å². The lowest BCUT2D eigenvalue weighted by molar-refractivity contribution is -0.141. The van der Waals surface area contributed by atoms with E-state index >= 15 is 0 Å². The Morgan fingerprint density at radius 1 is 0.912 bits per heavy atom. The largest absolute Gasteiger partial charge is 0.465 e. The summed E-state index contributed by atoms with van der Waals surface area (Å²) in [5, 5.41) is 2.49. The molecule has 8 heteroatoms. The Kier molecular flexibility index (Phi) is 7.63. The van der Waals surface area contributed by atoms with Crippen LogP contribution in [0.5, 0.6) is 0 Å². The molecule has 0 bridgehead atoms. The molecule has 0 saturated carbocycles. The van der Waals surface area contributed by atoms with E-state index in [0.29, 0.717) is 22.4 Å². The van der Waals surface area contributed by atoms with Crippen LogP contribution in [0.3, 0.4) is 0 Å². The van der Waals surface area contributed by atoms with Crippen molar-refractivity contribution in [2.24, 2.45) is 0 Å². The zero-order chi connectivity index (χ0) is 24.8. The van der Waals surface area contributed by atoms with E-state index in [-0.39, 0.29) is 12.3 Å². The Labute approximate surface area is 197 Å². The second-order valence-corrected chi connectivity index (χ2v) is 7.79. The Morgan fingerprint density at radius 2 is 1.62 bits per heavy atom. The molecule has 3 aromatic rings. The molecule has 3 rings (SSSR count). The number of hydrogen-bond acceptors (Lipinski definition) is 6. The number of rotatable bonds is 8. The van der Waals surface area contributed by atoms with Gasteiger partial charge in [0.25, 0.3) is 5.91 Å². The number of nitrogens with zero attached hydrogens (tertiary/aromatic N) is 1. The smallest absolute Gasteiger partial charge is 0.337 e. The number of Topliss-reactive ketones (excluding diaryl/α,β-unsaturated/α-hetero) is 1. The van der Waals surface area contributed by atoms with Crippen LogP contribution in [-0.2, 0) is 14.3 Å². The minimum Gasteiger partial charge on any atom is -0.465 e. The molecule has 0 radical (unpaired) electrons. The first-order valence-electron chi connectivity index (χ1n) is 10.6. The second-order valence-electron chi connectivity index (χ2n) is 7.79. The van der Waals surface area contributed by atoms with Crippen LogP contribution >= 0.6 is 0 Å². The van der Waals surface area contributed by atoms with E-state index in [1.54, 1.807) is 55.5 Å². The highest BCUT2D eigenvalue weighted by Crippen LogP contribution is 2.22.